The highest BCUT2D eigenvalue weighted by molar-refractivity contribution is 4.71. The van der Waals surface area contributed by atoms with Gasteiger partial charge in [-0.25, -0.2) is 0 Å². The summed E-state index contributed by atoms with van der Waals surface area (Å²) >= 11 is 0. The molecule has 1 rings (SSSR count). The van der Waals surface area contributed by atoms with E-state index in [1.54, 1.807) is 0 Å². The first-order valence-corrected chi connectivity index (χ1v) is 4.12. The van der Waals surface area contributed by atoms with Crippen molar-refractivity contribution in [3.05, 3.63) is 12.7 Å². The van der Waals surface area contributed by atoms with Gasteiger partial charge in [0.05, 0.1) is 0 Å². The van der Waals surface area contributed by atoms with Gasteiger partial charge in [-0.3, -0.25) is 0 Å². The van der Waals surface area contributed by atoms with Gasteiger partial charge in [-0.1, -0.05) is 6.08 Å². The minimum Gasteiger partial charge on any atom is -0.381 e. The molecule has 0 amide bonds. The highest BCUT2D eigenvalue weighted by Gasteiger charge is 2.11. The fourth-order valence-electron chi connectivity index (χ4n) is 1.39. The summed E-state index contributed by atoms with van der Waals surface area (Å²) in [6, 6.07) is 0. The molecule has 0 aromatic rings. The van der Waals surface area contributed by atoms with Crippen molar-refractivity contribution in [1.29, 1.82) is 0 Å². The minimum atomic E-state index is 0.909. The Morgan fingerprint density at radius 3 is 2.70 bits per heavy atom. The summed E-state index contributed by atoms with van der Waals surface area (Å²) in [4.78, 5) is 0. The van der Waals surface area contributed by atoms with Crippen molar-refractivity contribution in [2.75, 3.05) is 13.2 Å². The Balaban J connectivity index is 2.07. The molecule has 0 radical (unpaired) electrons. The van der Waals surface area contributed by atoms with Gasteiger partial charge in [0.2, 0.25) is 0 Å². The summed E-state index contributed by atoms with van der Waals surface area (Å²) in [5.41, 5.74) is 0. The van der Waals surface area contributed by atoms with E-state index in [0.29, 0.717) is 0 Å². The second-order valence-corrected chi connectivity index (χ2v) is 2.92. The van der Waals surface area contributed by atoms with Gasteiger partial charge in [-0.15, -0.1) is 6.58 Å². The van der Waals surface area contributed by atoms with Crippen LogP contribution < -0.4 is 0 Å². The predicted molar refractivity (Wildman–Crippen MR) is 43.0 cm³/mol. The quantitative estimate of drug-likeness (QED) is 0.547. The molecule has 1 aliphatic rings. The summed E-state index contributed by atoms with van der Waals surface area (Å²) in [5.74, 6) is 0.909. The van der Waals surface area contributed by atoms with Gasteiger partial charge in [0, 0.05) is 13.2 Å². The molecule has 0 N–H and O–H groups in total. The molecule has 1 saturated heterocycles. The van der Waals surface area contributed by atoms with E-state index in [-0.39, 0.29) is 0 Å². The van der Waals surface area contributed by atoms with Gasteiger partial charge in [0.25, 0.3) is 0 Å². The maximum Gasteiger partial charge on any atom is 0.0468 e. The van der Waals surface area contributed by atoms with Crippen LogP contribution in [0.5, 0.6) is 0 Å². The summed E-state index contributed by atoms with van der Waals surface area (Å²) in [6.07, 6.45) is 7.01. The van der Waals surface area contributed by atoms with Crippen molar-refractivity contribution in [1.82, 2.24) is 0 Å². The van der Waals surface area contributed by atoms with E-state index in [1.807, 2.05) is 6.08 Å². The lowest BCUT2D eigenvalue weighted by molar-refractivity contribution is 0.0642. The zero-order valence-corrected chi connectivity index (χ0v) is 6.51. The first kappa shape index (κ1) is 7.80. The molecule has 0 unspecified atom stereocenters. The summed E-state index contributed by atoms with van der Waals surface area (Å²) in [7, 11) is 0. The van der Waals surface area contributed by atoms with E-state index >= 15 is 0 Å². The summed E-state index contributed by atoms with van der Waals surface area (Å²) in [6.45, 7) is 5.66. The van der Waals surface area contributed by atoms with Crippen molar-refractivity contribution >= 4 is 0 Å². The fourth-order valence-corrected chi connectivity index (χ4v) is 1.39. The number of allylic oxidation sites excluding steroid dienone is 1. The molecule has 0 aliphatic carbocycles. The minimum absolute atomic E-state index is 0.909. The van der Waals surface area contributed by atoms with Gasteiger partial charge in [0.15, 0.2) is 0 Å². The molecule has 58 valence electrons. The van der Waals surface area contributed by atoms with E-state index in [2.05, 4.69) is 6.58 Å². The predicted octanol–water partition coefficient (Wildman–Crippen LogP) is 2.38. The van der Waals surface area contributed by atoms with Crippen LogP contribution in [0.2, 0.25) is 0 Å². The standard InChI is InChI=1S/C9H16O/c1-2-3-4-9-5-7-10-8-6-9/h2,9H,1,3-8H2. The molecule has 0 atom stereocenters. The van der Waals surface area contributed by atoms with Gasteiger partial charge in [-0.2, -0.15) is 0 Å². The van der Waals surface area contributed by atoms with E-state index in [9.17, 15) is 0 Å². The van der Waals surface area contributed by atoms with Crippen LogP contribution in [-0.4, -0.2) is 13.2 Å². The van der Waals surface area contributed by atoms with Crippen molar-refractivity contribution in [3.8, 4) is 0 Å². The third-order valence-corrected chi connectivity index (χ3v) is 2.12. The molecule has 1 nitrogen and oxygen atoms in total. The number of hydrogen-bond acceptors (Lipinski definition) is 1. The van der Waals surface area contributed by atoms with E-state index in [0.717, 1.165) is 19.1 Å². The second-order valence-electron chi connectivity index (χ2n) is 2.92. The Hall–Kier alpha value is -0.300. The summed E-state index contributed by atoms with van der Waals surface area (Å²) < 4.78 is 5.25. The number of hydrogen-bond donors (Lipinski definition) is 0. The van der Waals surface area contributed by atoms with E-state index in [1.165, 1.54) is 25.7 Å². The average molecular weight is 140 g/mol. The third kappa shape index (κ3) is 2.53. The molecule has 1 heterocycles. The molecule has 1 heteroatoms. The smallest absolute Gasteiger partial charge is 0.0468 e. The first-order chi connectivity index (χ1) is 4.93. The third-order valence-electron chi connectivity index (χ3n) is 2.12. The molecule has 0 bridgehead atoms. The molecule has 1 aliphatic heterocycles. The lowest BCUT2D eigenvalue weighted by Gasteiger charge is -2.20. The Morgan fingerprint density at radius 1 is 1.40 bits per heavy atom. The van der Waals surface area contributed by atoms with Crippen LogP contribution in [0.1, 0.15) is 25.7 Å². The van der Waals surface area contributed by atoms with Gasteiger partial charge in [0.1, 0.15) is 0 Å². The first-order valence-electron chi connectivity index (χ1n) is 4.12. The zero-order valence-electron chi connectivity index (χ0n) is 6.51. The van der Waals surface area contributed by atoms with Crippen molar-refractivity contribution in [2.24, 2.45) is 5.92 Å². The molecular formula is C9H16O. The molecular weight excluding hydrogens is 124 g/mol. The summed E-state index contributed by atoms with van der Waals surface area (Å²) in [5, 5.41) is 0. The molecule has 0 spiro atoms. The second kappa shape index (κ2) is 4.51. The number of ether oxygens (including phenoxy) is 1. The van der Waals surface area contributed by atoms with Crippen molar-refractivity contribution in [3.63, 3.8) is 0 Å². The fraction of sp³-hybridized carbons (Fsp3) is 0.778. The van der Waals surface area contributed by atoms with Gasteiger partial charge < -0.3 is 4.74 Å². The van der Waals surface area contributed by atoms with Gasteiger partial charge in [-0.05, 0) is 31.6 Å². The maximum atomic E-state index is 5.25. The lowest BCUT2D eigenvalue weighted by Crippen LogP contribution is -2.15. The van der Waals surface area contributed by atoms with Crippen LogP contribution in [0.4, 0.5) is 0 Å². The Kier molecular flexibility index (Phi) is 3.52. The van der Waals surface area contributed by atoms with Crippen molar-refractivity contribution in [2.45, 2.75) is 25.7 Å². The molecule has 10 heavy (non-hydrogen) atoms. The topological polar surface area (TPSA) is 9.23 Å². The largest absolute Gasteiger partial charge is 0.381 e. The molecule has 0 aromatic heterocycles. The molecule has 1 fully saturated rings. The zero-order chi connectivity index (χ0) is 7.23. The van der Waals surface area contributed by atoms with Crippen molar-refractivity contribution < 1.29 is 4.74 Å². The highest BCUT2D eigenvalue weighted by atomic mass is 16.5. The lowest BCUT2D eigenvalue weighted by atomic mass is 9.95. The Labute approximate surface area is 63.1 Å². The highest BCUT2D eigenvalue weighted by Crippen LogP contribution is 2.19. The SMILES string of the molecule is C=CCCC1CCOCC1. The Bertz CT molecular complexity index is 92.9. The Morgan fingerprint density at radius 2 is 2.10 bits per heavy atom. The molecule has 0 saturated carbocycles. The average Bonchev–Trinajstić information content (AvgIpc) is 2.03. The monoisotopic (exact) mass is 140 g/mol. The normalized spacial score (nSPS) is 20.8. The molecule has 0 aromatic carbocycles. The van der Waals surface area contributed by atoms with Crippen LogP contribution >= 0.6 is 0 Å². The number of rotatable bonds is 3. The van der Waals surface area contributed by atoms with Crippen LogP contribution in [0, 0.1) is 5.92 Å². The van der Waals surface area contributed by atoms with Crippen LogP contribution in [0.25, 0.3) is 0 Å². The maximum absolute atomic E-state index is 5.25. The van der Waals surface area contributed by atoms with E-state index in [4.69, 9.17) is 4.74 Å². The van der Waals surface area contributed by atoms with Crippen LogP contribution in [0.15, 0.2) is 12.7 Å². The van der Waals surface area contributed by atoms with Gasteiger partial charge >= 0.3 is 0 Å². The van der Waals surface area contributed by atoms with Crippen LogP contribution in [-0.2, 0) is 4.74 Å². The van der Waals surface area contributed by atoms with Crippen LogP contribution in [0.3, 0.4) is 0 Å². The van der Waals surface area contributed by atoms with E-state index < -0.39 is 0 Å².